The molecule has 0 saturated heterocycles. The summed E-state index contributed by atoms with van der Waals surface area (Å²) >= 11 is 0. The molecule has 13 valence electrons. The number of hydrogen-bond acceptors (Lipinski definition) is 0. The molecule has 0 spiro atoms. The third-order valence-corrected chi connectivity index (χ3v) is 0. The van der Waals surface area contributed by atoms with Gasteiger partial charge in [-0.25, -0.2) is 0 Å². The maximum atomic E-state index is 0. The summed E-state index contributed by atoms with van der Waals surface area (Å²) in [5.74, 6) is 0. The number of rotatable bonds is 0. The molecule has 0 bridgehead atoms. The molecule has 0 aliphatic heterocycles. The SMILES string of the molecule is [Ca+2].[Mn+2].[O-2].[Pr+3]. The standard InChI is InChI=1S/Ca.Mn.O.Pr/q2*+2;-2;+3. The van der Waals surface area contributed by atoms with Crippen LogP contribution in [0.15, 0.2) is 0 Å². The molecule has 0 atom stereocenters. The van der Waals surface area contributed by atoms with E-state index in [1.54, 1.807) is 0 Å². The largest absolute Gasteiger partial charge is 3.00 e. The molecule has 0 N–H and O–H groups in total. The van der Waals surface area contributed by atoms with E-state index in [0.717, 1.165) is 0 Å². The van der Waals surface area contributed by atoms with Gasteiger partial charge in [0.05, 0.1) is 0 Å². The van der Waals surface area contributed by atoms with Crippen LogP contribution in [0.2, 0.25) is 0 Å². The smallest absolute Gasteiger partial charge is 2.00 e. The molecule has 0 rings (SSSR count). The summed E-state index contributed by atoms with van der Waals surface area (Å²) in [5, 5.41) is 0. The van der Waals surface area contributed by atoms with Gasteiger partial charge in [-0.05, 0) is 0 Å². The van der Waals surface area contributed by atoms with Crippen molar-refractivity contribution in [2.24, 2.45) is 0 Å². The van der Waals surface area contributed by atoms with Crippen molar-refractivity contribution in [3.63, 3.8) is 0 Å². The molecule has 4 heavy (non-hydrogen) atoms. The molecule has 0 saturated carbocycles. The summed E-state index contributed by atoms with van der Waals surface area (Å²) in [4.78, 5) is 0. The molecule has 0 aromatic carbocycles. The van der Waals surface area contributed by atoms with E-state index in [1.165, 1.54) is 0 Å². The van der Waals surface area contributed by atoms with Crippen molar-refractivity contribution in [2.75, 3.05) is 0 Å². The van der Waals surface area contributed by atoms with Crippen molar-refractivity contribution >= 4 is 37.7 Å². The Morgan fingerprint density at radius 2 is 1.00 bits per heavy atom. The average molecular weight is 252 g/mol. The first-order valence-electron chi connectivity index (χ1n) is 0. The molecule has 0 amide bonds. The van der Waals surface area contributed by atoms with Gasteiger partial charge in [-0.1, -0.05) is 0 Å². The molecule has 0 heterocycles. The fraction of sp³-hybridized carbons (Fsp3) is 0. The van der Waals surface area contributed by atoms with Crippen molar-refractivity contribution in [3.05, 3.63) is 0 Å². The molecule has 0 aliphatic rings. The van der Waals surface area contributed by atoms with Gasteiger partial charge >= 0.3 is 96.1 Å². The maximum absolute atomic E-state index is 0. The second-order valence-corrected chi connectivity index (χ2v) is 0. The van der Waals surface area contributed by atoms with Gasteiger partial charge in [0, 0.05) is 0 Å². The van der Waals surface area contributed by atoms with Crippen LogP contribution in [0.4, 0.5) is 0 Å². The van der Waals surface area contributed by atoms with Crippen LogP contribution in [0.1, 0.15) is 0 Å². The number of hydrogen-bond donors (Lipinski definition) is 0. The first-order valence-corrected chi connectivity index (χ1v) is 0. The van der Waals surface area contributed by atoms with E-state index in [2.05, 4.69) is 0 Å². The second kappa shape index (κ2) is 16.5. The average Bonchev–Trinajstić information content (AvgIpc) is 0. The van der Waals surface area contributed by atoms with Gasteiger partial charge in [-0.15, -0.1) is 0 Å². The van der Waals surface area contributed by atoms with Gasteiger partial charge in [0.25, 0.3) is 0 Å². The minimum Gasteiger partial charge on any atom is -2.00 e. The zero-order valence-corrected chi connectivity index (χ0v) is 9.16. The van der Waals surface area contributed by atoms with Crippen LogP contribution in [-0.2, 0) is 22.5 Å². The molecular formula is CaMnOPr+5. The van der Waals surface area contributed by atoms with Crippen molar-refractivity contribution in [1.82, 2.24) is 0 Å². The van der Waals surface area contributed by atoms with Gasteiger partial charge in [-0.3, -0.25) is 0 Å². The van der Waals surface area contributed by atoms with E-state index in [1.807, 2.05) is 0 Å². The summed E-state index contributed by atoms with van der Waals surface area (Å²) in [6.45, 7) is 0. The van der Waals surface area contributed by atoms with E-state index in [0.29, 0.717) is 0 Å². The normalized spacial score (nSPS) is 0. The summed E-state index contributed by atoms with van der Waals surface area (Å²) in [5.41, 5.74) is 0. The summed E-state index contributed by atoms with van der Waals surface area (Å²) in [6, 6.07) is 0. The fourth-order valence-corrected chi connectivity index (χ4v) is 0. The minimum atomic E-state index is 0. The first-order chi connectivity index (χ1) is 0. The van der Waals surface area contributed by atoms with Gasteiger partial charge in [0.15, 0.2) is 0 Å². The second-order valence-electron chi connectivity index (χ2n) is 0. The molecule has 4 heteroatoms. The molecule has 0 unspecified atom stereocenters. The van der Waals surface area contributed by atoms with Gasteiger partial charge < -0.3 is 5.48 Å². The van der Waals surface area contributed by atoms with Crippen molar-refractivity contribution in [3.8, 4) is 0 Å². The van der Waals surface area contributed by atoms with E-state index in [9.17, 15) is 0 Å². The Kier molecular flexibility index (Phi) is 113. The van der Waals surface area contributed by atoms with Gasteiger partial charge in [-0.2, -0.15) is 0 Å². The Hall–Kier alpha value is 3.10. The summed E-state index contributed by atoms with van der Waals surface area (Å²) < 4.78 is 0. The quantitative estimate of drug-likeness (QED) is 0.520. The van der Waals surface area contributed by atoms with E-state index in [4.69, 9.17) is 0 Å². The van der Waals surface area contributed by atoms with Crippen molar-refractivity contribution < 1.29 is 63.8 Å². The zero-order valence-electron chi connectivity index (χ0n) is 2.07. The van der Waals surface area contributed by atoms with Crippen LogP contribution in [0.5, 0.6) is 0 Å². The van der Waals surface area contributed by atoms with Crippen LogP contribution in [0, 0.1) is 41.3 Å². The van der Waals surface area contributed by atoms with Crippen LogP contribution in [0.25, 0.3) is 0 Å². The molecule has 0 aromatic rings. The monoisotopic (exact) mass is 252 g/mol. The molecule has 0 aliphatic carbocycles. The van der Waals surface area contributed by atoms with Crippen molar-refractivity contribution in [1.29, 1.82) is 0 Å². The van der Waals surface area contributed by atoms with Crippen molar-refractivity contribution in [2.45, 2.75) is 0 Å². The van der Waals surface area contributed by atoms with Crippen LogP contribution in [0.3, 0.4) is 0 Å². The molecule has 1 nitrogen and oxygen atoms in total. The minimum absolute atomic E-state index is 0. The van der Waals surface area contributed by atoms with Crippen LogP contribution >= 0.6 is 0 Å². The Morgan fingerprint density at radius 1 is 1.00 bits per heavy atom. The molecule has 0 aromatic heterocycles. The topological polar surface area (TPSA) is 28.5 Å². The van der Waals surface area contributed by atoms with Crippen LogP contribution in [-0.4, -0.2) is 37.7 Å². The predicted molar refractivity (Wildman–Crippen MR) is 6.44 cm³/mol. The van der Waals surface area contributed by atoms with Gasteiger partial charge in [0.2, 0.25) is 0 Å². The first kappa shape index (κ1) is 27.5. The Bertz CT molecular complexity index is 8.00. The van der Waals surface area contributed by atoms with Crippen LogP contribution < -0.4 is 0 Å². The maximum Gasteiger partial charge on any atom is 3.00 e. The molecule has 0 fully saturated rings. The third-order valence-electron chi connectivity index (χ3n) is 0. The van der Waals surface area contributed by atoms with Gasteiger partial charge in [0.1, 0.15) is 0 Å². The Balaban J connectivity index is 0. The third kappa shape index (κ3) is 8.92. The fourth-order valence-electron chi connectivity index (χ4n) is 0. The van der Waals surface area contributed by atoms with E-state index < -0.39 is 0 Å². The van der Waals surface area contributed by atoms with E-state index in [-0.39, 0.29) is 102 Å². The summed E-state index contributed by atoms with van der Waals surface area (Å²) in [7, 11) is 0. The predicted octanol–water partition coefficient (Wildman–Crippen LogP) is -0.502. The Labute approximate surface area is 99.0 Å². The van der Waals surface area contributed by atoms with E-state index >= 15 is 0 Å². The summed E-state index contributed by atoms with van der Waals surface area (Å²) in [6.07, 6.45) is 0. The zero-order chi connectivity index (χ0) is 0. The Morgan fingerprint density at radius 3 is 1.00 bits per heavy atom. The molecular weight excluding hydrogens is 252 g/mol. The molecule has 1 radical (unpaired) electrons.